The van der Waals surface area contributed by atoms with Crippen LogP contribution in [0, 0.1) is 0 Å². The number of para-hydroxylation sites is 2. The number of halogens is 1. The third-order valence-corrected chi connectivity index (χ3v) is 9.92. The molecule has 6 heteroatoms. The molecule has 10 rings (SSSR count). The molecule has 0 saturated heterocycles. The van der Waals surface area contributed by atoms with Gasteiger partial charge >= 0.3 is 0 Å². The maximum absolute atomic E-state index is 7.00. The lowest BCUT2D eigenvalue weighted by Gasteiger charge is -2.10. The monoisotopic (exact) mass is 575 g/mol. The molecule has 196 valence electrons. The Hall–Kier alpha value is -4.97. The summed E-state index contributed by atoms with van der Waals surface area (Å²) in [6.07, 6.45) is 0. The topological polar surface area (TPSA) is 43.9 Å². The predicted octanol–water partition coefficient (Wildman–Crippen LogP) is 10.8. The van der Waals surface area contributed by atoms with Crippen molar-refractivity contribution in [2.75, 3.05) is 0 Å². The smallest absolute Gasteiger partial charge is 0.247 e. The van der Waals surface area contributed by atoms with E-state index in [0.29, 0.717) is 22.2 Å². The van der Waals surface area contributed by atoms with Gasteiger partial charge in [-0.3, -0.25) is 4.57 Å². The minimum absolute atomic E-state index is 0.303. The fourth-order valence-corrected chi connectivity index (χ4v) is 8.27. The van der Waals surface area contributed by atoms with Gasteiger partial charge in [-0.05, 0) is 45.8 Å². The lowest BCUT2D eigenvalue weighted by molar-refractivity contribution is 0.652. The molecule has 0 radical (unpaired) electrons. The third kappa shape index (κ3) is 2.82. The van der Waals surface area contributed by atoms with Gasteiger partial charge in [0.1, 0.15) is 11.1 Å². The van der Waals surface area contributed by atoms with Gasteiger partial charge in [-0.15, -0.1) is 11.3 Å². The van der Waals surface area contributed by atoms with Gasteiger partial charge in [-0.2, -0.15) is 4.98 Å². The number of furan rings is 1. The van der Waals surface area contributed by atoms with Gasteiger partial charge in [0, 0.05) is 31.6 Å². The van der Waals surface area contributed by atoms with Crippen LogP contribution < -0.4 is 0 Å². The molecule has 0 spiro atoms. The molecule has 0 aliphatic rings. The molecule has 0 aliphatic carbocycles. The Bertz CT molecular complexity index is 2770. The van der Waals surface area contributed by atoms with Gasteiger partial charge in [0.15, 0.2) is 11.0 Å². The fraction of sp³-hybridized carbons (Fsp3) is 0. The van der Waals surface area contributed by atoms with E-state index in [1.807, 2.05) is 35.6 Å². The first kappa shape index (κ1) is 22.7. The Kier molecular flexibility index (Phi) is 4.36. The number of nitrogens with zero attached hydrogens (tertiary/aromatic N) is 3. The highest BCUT2D eigenvalue weighted by Gasteiger charge is 2.25. The summed E-state index contributed by atoms with van der Waals surface area (Å²) in [5.74, 6) is 0.598. The molecule has 0 unspecified atom stereocenters. The summed E-state index contributed by atoms with van der Waals surface area (Å²) in [6.45, 7) is 0. The number of benzene rings is 6. The zero-order valence-electron chi connectivity index (χ0n) is 21.9. The van der Waals surface area contributed by atoms with Gasteiger partial charge in [0.2, 0.25) is 5.71 Å². The molecule has 0 bridgehead atoms. The van der Waals surface area contributed by atoms with Crippen molar-refractivity contribution in [2.24, 2.45) is 0 Å². The maximum atomic E-state index is 7.00. The Morgan fingerprint density at radius 2 is 1.31 bits per heavy atom. The highest BCUT2D eigenvalue weighted by atomic mass is 35.5. The van der Waals surface area contributed by atoms with E-state index < -0.39 is 0 Å². The number of hydrogen-bond acceptors (Lipinski definition) is 4. The van der Waals surface area contributed by atoms with Gasteiger partial charge < -0.3 is 4.42 Å². The second-order valence-electron chi connectivity index (χ2n) is 10.7. The van der Waals surface area contributed by atoms with Crippen LogP contribution in [-0.4, -0.2) is 14.5 Å². The Balaban J connectivity index is 1.49. The predicted molar refractivity (Wildman–Crippen MR) is 177 cm³/mol. The zero-order chi connectivity index (χ0) is 27.5. The minimum Gasteiger partial charge on any atom is -0.436 e. The van der Waals surface area contributed by atoms with Crippen LogP contribution >= 0.6 is 22.9 Å². The van der Waals surface area contributed by atoms with Crippen molar-refractivity contribution < 1.29 is 4.42 Å². The number of rotatable bonds is 1. The van der Waals surface area contributed by atoms with E-state index in [1.54, 1.807) is 0 Å². The summed E-state index contributed by atoms with van der Waals surface area (Å²) in [5, 5.41) is 11.1. The van der Waals surface area contributed by atoms with Crippen LogP contribution in [0.5, 0.6) is 0 Å². The maximum Gasteiger partial charge on any atom is 0.247 e. The largest absolute Gasteiger partial charge is 0.436 e. The van der Waals surface area contributed by atoms with Crippen LogP contribution in [0.3, 0.4) is 0 Å². The van der Waals surface area contributed by atoms with E-state index >= 15 is 0 Å². The van der Waals surface area contributed by atoms with E-state index in [0.717, 1.165) is 27.4 Å². The van der Waals surface area contributed by atoms with Crippen molar-refractivity contribution in [1.82, 2.24) is 14.5 Å². The fourth-order valence-electron chi connectivity index (χ4n) is 6.80. The second-order valence-corrected chi connectivity index (χ2v) is 12.1. The summed E-state index contributed by atoms with van der Waals surface area (Å²) < 4.78 is 10.7. The number of hydrogen-bond donors (Lipinski definition) is 0. The van der Waals surface area contributed by atoms with Crippen LogP contribution in [-0.2, 0) is 0 Å². The highest BCUT2D eigenvalue weighted by molar-refractivity contribution is 7.27. The first-order chi connectivity index (χ1) is 20.8. The Morgan fingerprint density at radius 3 is 2.17 bits per heavy atom. The van der Waals surface area contributed by atoms with Crippen LogP contribution in [0.25, 0.3) is 91.5 Å². The molecule has 0 N–H and O–H groups in total. The summed E-state index contributed by atoms with van der Waals surface area (Å²) >= 11 is 8.83. The summed E-state index contributed by atoms with van der Waals surface area (Å²) in [6, 6.07) is 38.3. The first-order valence-corrected chi connectivity index (χ1v) is 15.0. The van der Waals surface area contributed by atoms with Gasteiger partial charge in [-0.1, -0.05) is 96.5 Å². The van der Waals surface area contributed by atoms with Crippen molar-refractivity contribution in [2.45, 2.75) is 0 Å². The standard InChI is InChI=1S/C36H18ClN3OS/c37-34-35(38-31-24-14-6-8-16-26(24)41-36(31)39-34)40-25-15-7-5-13-23(25)28-21-11-3-4-12-22(21)30-29-20-10-2-1-9-19(20)17-18-27(29)42-33(30)32(28)40/h1-18H. The van der Waals surface area contributed by atoms with Crippen LogP contribution in [0.4, 0.5) is 0 Å². The van der Waals surface area contributed by atoms with Crippen molar-refractivity contribution in [3.05, 3.63) is 114 Å². The van der Waals surface area contributed by atoms with Crippen molar-refractivity contribution in [3.8, 4) is 5.82 Å². The molecule has 0 aliphatic heterocycles. The van der Waals surface area contributed by atoms with E-state index in [2.05, 4.69) is 89.5 Å². The van der Waals surface area contributed by atoms with E-state index in [1.165, 1.54) is 47.1 Å². The average Bonchev–Trinajstić information content (AvgIpc) is 3.70. The number of fused-ring (bicyclic) bond motifs is 15. The van der Waals surface area contributed by atoms with E-state index in [9.17, 15) is 0 Å². The number of thiophene rings is 1. The minimum atomic E-state index is 0.303. The molecule has 4 heterocycles. The molecule has 10 aromatic rings. The molecule has 0 saturated carbocycles. The average molecular weight is 576 g/mol. The lowest BCUT2D eigenvalue weighted by atomic mass is 9.97. The normalized spacial score (nSPS) is 12.4. The lowest BCUT2D eigenvalue weighted by Crippen LogP contribution is -2.00. The van der Waals surface area contributed by atoms with Crippen LogP contribution in [0.1, 0.15) is 0 Å². The van der Waals surface area contributed by atoms with Crippen molar-refractivity contribution in [1.29, 1.82) is 0 Å². The van der Waals surface area contributed by atoms with Gasteiger partial charge in [0.05, 0.1) is 15.7 Å². The quantitative estimate of drug-likeness (QED) is 0.195. The Morgan fingerprint density at radius 1 is 0.619 bits per heavy atom. The SMILES string of the molecule is Clc1nc2oc3ccccc3c2nc1-n1c2ccccc2c2c3ccccc3c3c(sc4ccc5ccccc5c43)c21. The van der Waals surface area contributed by atoms with Gasteiger partial charge in [0.25, 0.3) is 0 Å². The van der Waals surface area contributed by atoms with E-state index in [-0.39, 0.29) is 0 Å². The highest BCUT2D eigenvalue weighted by Crippen LogP contribution is 2.49. The van der Waals surface area contributed by atoms with E-state index in [4.69, 9.17) is 26.0 Å². The molecule has 42 heavy (non-hydrogen) atoms. The zero-order valence-corrected chi connectivity index (χ0v) is 23.5. The summed E-state index contributed by atoms with van der Waals surface area (Å²) in [4.78, 5) is 9.90. The second kappa shape index (κ2) is 8.07. The van der Waals surface area contributed by atoms with Crippen LogP contribution in [0.15, 0.2) is 114 Å². The van der Waals surface area contributed by atoms with Gasteiger partial charge in [-0.25, -0.2) is 4.98 Å². The van der Waals surface area contributed by atoms with Crippen molar-refractivity contribution in [3.63, 3.8) is 0 Å². The van der Waals surface area contributed by atoms with Crippen LogP contribution in [0.2, 0.25) is 5.15 Å². The molecular weight excluding hydrogens is 558 g/mol. The third-order valence-electron chi connectivity index (χ3n) is 8.50. The molecule has 6 aromatic carbocycles. The molecule has 0 atom stereocenters. The molecule has 4 aromatic heterocycles. The molecule has 0 fully saturated rings. The van der Waals surface area contributed by atoms with Crippen molar-refractivity contribution >= 4 is 109 Å². The Labute approximate surface area is 247 Å². The molecule has 0 amide bonds. The molecule has 4 nitrogen and oxygen atoms in total. The molecular formula is C36H18ClN3OS. The number of aromatic nitrogens is 3. The first-order valence-electron chi connectivity index (χ1n) is 13.8. The summed E-state index contributed by atoms with van der Waals surface area (Å²) in [7, 11) is 0. The summed E-state index contributed by atoms with van der Waals surface area (Å²) in [5.41, 5.74) is 4.02.